The summed E-state index contributed by atoms with van der Waals surface area (Å²) < 4.78 is 68.8. The first-order chi connectivity index (χ1) is 19.7. The summed E-state index contributed by atoms with van der Waals surface area (Å²) in [5.74, 6) is 0.276. The van der Waals surface area contributed by atoms with Gasteiger partial charge in [-0.2, -0.15) is 23.3 Å². The summed E-state index contributed by atoms with van der Waals surface area (Å²) >= 11 is 2.18. The van der Waals surface area contributed by atoms with Crippen molar-refractivity contribution >= 4 is 39.4 Å². The maximum absolute atomic E-state index is 15.1. The number of imidazole rings is 1. The number of aromatic nitrogens is 8. The molecule has 5 aromatic rings. The summed E-state index contributed by atoms with van der Waals surface area (Å²) in [4.78, 5) is 21.7. The summed E-state index contributed by atoms with van der Waals surface area (Å²) in [6, 6.07) is 4.14. The lowest BCUT2D eigenvalue weighted by atomic mass is 10.1. The number of aryl methyl sites for hydroxylation is 1. The van der Waals surface area contributed by atoms with Gasteiger partial charge in [0, 0.05) is 19.2 Å². The Hall–Kier alpha value is -3.46. The molecule has 1 aliphatic rings. The zero-order valence-electron chi connectivity index (χ0n) is 21.4. The van der Waals surface area contributed by atoms with E-state index in [4.69, 9.17) is 19.4 Å². The summed E-state index contributed by atoms with van der Waals surface area (Å²) in [7, 11) is 2.89. The van der Waals surface area contributed by atoms with Crippen LogP contribution in [0, 0.1) is 5.82 Å². The minimum Gasteiger partial charge on any atom is -0.480 e. The molecule has 1 saturated carbocycles. The molecule has 16 heteroatoms. The summed E-state index contributed by atoms with van der Waals surface area (Å²) in [6.45, 7) is -0.0788. The first-order valence-corrected chi connectivity index (χ1v) is 16.3. The van der Waals surface area contributed by atoms with Crippen molar-refractivity contribution in [1.82, 2.24) is 39.0 Å². The average molecular weight is 698 g/mol. The van der Waals surface area contributed by atoms with Gasteiger partial charge in [0.2, 0.25) is 11.8 Å². The van der Waals surface area contributed by atoms with Crippen LogP contribution in [0.2, 0.25) is 0 Å². The third kappa shape index (κ3) is 5.32. The van der Waals surface area contributed by atoms with Crippen molar-refractivity contribution < 1.29 is 27.0 Å². The molecule has 0 aliphatic heterocycles. The first kappa shape index (κ1) is 27.7. The van der Waals surface area contributed by atoms with Crippen LogP contribution in [0.25, 0.3) is 33.8 Å². The number of hydrogen-bond acceptors (Lipinski definition) is 8. The zero-order chi connectivity index (χ0) is 28.9. The molecule has 41 heavy (non-hydrogen) atoms. The van der Waals surface area contributed by atoms with E-state index < -0.39 is 17.7 Å². The minimum absolute atomic E-state index is 0.0635. The Bertz CT molecular complexity index is 1770. The predicted octanol–water partition coefficient (Wildman–Crippen LogP) is 6.10. The fraction of sp³-hybridized carbons (Fsp3) is 0.280. The molecule has 0 bridgehead atoms. The number of benzene rings is 1. The van der Waals surface area contributed by atoms with Gasteiger partial charge >= 0.3 is 6.18 Å². The van der Waals surface area contributed by atoms with Gasteiger partial charge < -0.3 is 14.0 Å². The molecular weight excluding hydrogens is 678 g/mol. The Labute approximate surface area is 244 Å². The van der Waals surface area contributed by atoms with E-state index in [1.807, 2.05) is 0 Å². The number of hydrogen-bond donors (Lipinski definition) is 0. The van der Waals surface area contributed by atoms with Crippen molar-refractivity contribution in [1.29, 1.82) is 0 Å². The number of alkyl halides is 3. The third-order valence-corrected chi connectivity index (χ3v) is 8.38. The Morgan fingerprint density at radius 3 is 2.59 bits per heavy atom. The molecule has 0 radical (unpaired) electrons. The van der Waals surface area contributed by atoms with Gasteiger partial charge in [-0.05, 0) is 52.6 Å². The lowest BCUT2D eigenvalue weighted by Gasteiger charge is -2.13. The van der Waals surface area contributed by atoms with Crippen LogP contribution in [-0.4, -0.2) is 46.1 Å². The van der Waals surface area contributed by atoms with Gasteiger partial charge in [0.15, 0.2) is 17.0 Å². The quantitative estimate of drug-likeness (QED) is 0.109. The fourth-order valence-corrected chi connectivity index (χ4v) is 5.93. The molecule has 1 aliphatic carbocycles. The van der Waals surface area contributed by atoms with Crippen molar-refractivity contribution in [3.05, 3.63) is 59.7 Å². The predicted molar refractivity (Wildman–Crippen MR) is 151 cm³/mol. The molecule has 212 valence electrons. The van der Waals surface area contributed by atoms with E-state index in [9.17, 15) is 13.2 Å². The zero-order valence-corrected chi connectivity index (χ0v) is 24.6. The number of methoxy groups -OCH3 is 1. The van der Waals surface area contributed by atoms with E-state index in [-0.39, 0.29) is 36.2 Å². The van der Waals surface area contributed by atoms with E-state index in [1.165, 1.54) is 32.6 Å². The summed E-state index contributed by atoms with van der Waals surface area (Å²) in [5.41, 5.74) is 1.76. The second-order valence-electron chi connectivity index (χ2n) is 9.31. The third-order valence-electron chi connectivity index (χ3n) is 6.51. The van der Waals surface area contributed by atoms with Gasteiger partial charge in [-0.1, -0.05) is 6.07 Å². The Morgan fingerprint density at radius 2 is 1.93 bits per heavy atom. The molecule has 4 aromatic heterocycles. The summed E-state index contributed by atoms with van der Waals surface area (Å²) in [6.07, 6.45) is 1.47. The molecule has 6 rings (SSSR count). The van der Waals surface area contributed by atoms with Crippen LogP contribution in [-0.2, 0) is 19.8 Å². The highest BCUT2D eigenvalue weighted by Crippen LogP contribution is 2.45. The molecular formula is C25H20F4IN8O2P. The van der Waals surface area contributed by atoms with Crippen molar-refractivity contribution in [2.75, 3.05) is 7.11 Å². The van der Waals surface area contributed by atoms with E-state index in [0.29, 0.717) is 33.9 Å². The molecule has 1 atom stereocenters. The van der Waals surface area contributed by atoms with Gasteiger partial charge in [0.05, 0.1) is 30.9 Å². The molecule has 1 aromatic carbocycles. The highest BCUT2D eigenvalue weighted by Gasteiger charge is 2.35. The molecule has 1 unspecified atom stereocenters. The molecule has 10 nitrogen and oxygen atoms in total. The van der Waals surface area contributed by atoms with E-state index in [1.54, 1.807) is 16.7 Å². The highest BCUT2D eigenvalue weighted by atomic mass is 127. The number of nitrogens with zero attached hydrogens (tertiary/aromatic N) is 8. The van der Waals surface area contributed by atoms with Gasteiger partial charge in [-0.3, -0.25) is 0 Å². The van der Waals surface area contributed by atoms with Crippen LogP contribution in [0.15, 0.2) is 36.9 Å². The van der Waals surface area contributed by atoms with Crippen LogP contribution >= 0.6 is 28.4 Å². The second kappa shape index (κ2) is 10.7. The molecule has 0 N–H and O–H groups in total. The Balaban J connectivity index is 1.35. The molecule has 0 spiro atoms. The largest absolute Gasteiger partial charge is 0.480 e. The number of fused-ring (bicyclic) bond motifs is 1. The Morgan fingerprint density at radius 1 is 1.12 bits per heavy atom. The van der Waals surface area contributed by atoms with Crippen molar-refractivity contribution in [2.45, 2.75) is 31.5 Å². The van der Waals surface area contributed by atoms with Crippen molar-refractivity contribution in [3.63, 3.8) is 0 Å². The maximum atomic E-state index is 15.1. The van der Waals surface area contributed by atoms with Crippen LogP contribution in [0.1, 0.15) is 35.7 Å². The van der Waals surface area contributed by atoms with E-state index >= 15 is 4.39 Å². The van der Waals surface area contributed by atoms with Crippen LogP contribution in [0.4, 0.5) is 17.6 Å². The molecule has 0 amide bonds. The van der Waals surface area contributed by atoms with E-state index in [0.717, 1.165) is 29.3 Å². The highest BCUT2D eigenvalue weighted by molar-refractivity contribution is 14.2. The van der Waals surface area contributed by atoms with Gasteiger partial charge in [-0.25, -0.2) is 28.8 Å². The lowest BCUT2D eigenvalue weighted by molar-refractivity contribution is -0.140. The van der Waals surface area contributed by atoms with Gasteiger partial charge in [0.25, 0.3) is 0 Å². The standard InChI is InChI=1S/C25H20F4IN8O2P/c1-37-9-17(25(27,28)29)35-22(37)14-6-3-12(7-15(14)26)10-40-24-20-16(8-33-38(20)41-30)34-21(36-24)18-19(13-4-5-13)31-11-32-23(18)39-2/h3,6-9,11,13,41H,4-5,10H2,1-2H3. The van der Waals surface area contributed by atoms with Crippen LogP contribution in [0.5, 0.6) is 11.8 Å². The van der Waals surface area contributed by atoms with Gasteiger partial charge in [0.1, 0.15) is 35.7 Å². The normalized spacial score (nSPS) is 13.9. The van der Waals surface area contributed by atoms with Crippen molar-refractivity contribution in [3.8, 4) is 34.5 Å². The first-order valence-electron chi connectivity index (χ1n) is 12.2. The molecule has 0 saturated heterocycles. The topological polar surface area (TPSA) is 106 Å². The number of rotatable bonds is 8. The maximum Gasteiger partial charge on any atom is 0.434 e. The molecule has 1 fully saturated rings. The fourth-order valence-electron chi connectivity index (χ4n) is 4.43. The second-order valence-corrected chi connectivity index (χ2v) is 11.3. The number of halogens is 5. The Kier molecular flexibility index (Phi) is 7.26. The smallest absolute Gasteiger partial charge is 0.434 e. The molecule has 4 heterocycles. The number of ether oxygens (including phenoxy) is 2. The lowest BCUT2D eigenvalue weighted by Crippen LogP contribution is -2.06. The van der Waals surface area contributed by atoms with Crippen LogP contribution < -0.4 is 9.47 Å². The summed E-state index contributed by atoms with van der Waals surface area (Å²) in [5, 5.41) is 4.39. The average Bonchev–Trinajstić information content (AvgIpc) is 3.60. The SMILES string of the molecule is COc1ncnc(C2CC2)c1-c1nc(OCc2ccc(-c3nc(C(F)(F)F)cn3C)c(F)c2)c2c(cnn2PI)n1. The minimum atomic E-state index is -4.64. The van der Waals surface area contributed by atoms with Crippen LogP contribution in [0.3, 0.4) is 0 Å². The van der Waals surface area contributed by atoms with E-state index in [2.05, 4.69) is 42.1 Å². The van der Waals surface area contributed by atoms with Gasteiger partial charge in [-0.15, -0.1) is 0 Å². The monoisotopic (exact) mass is 698 g/mol. The van der Waals surface area contributed by atoms with Crippen molar-refractivity contribution in [2.24, 2.45) is 7.05 Å².